The molecule has 6 nitrogen and oxygen atoms in total. The molecular weight excluding hydrogens is 389 g/mol. The summed E-state index contributed by atoms with van der Waals surface area (Å²) in [4.78, 5) is 6.98. The molecule has 11 heteroatoms. The van der Waals surface area contributed by atoms with E-state index in [0.717, 1.165) is 36.9 Å². The standard InChI is InChI=1S/C15H19F3N6S.ClH/c1-9-11(7-20-13(21-9)15(16,17)18)8-25-14-23-22-12(24(14)2)10-4-3-5-19-6-10;/h7,10,19H,3-6,8H2,1-2H3;1H. The van der Waals surface area contributed by atoms with Gasteiger partial charge in [0.05, 0.1) is 0 Å². The lowest BCUT2D eigenvalue weighted by Gasteiger charge is -2.21. The van der Waals surface area contributed by atoms with Crippen LogP contribution in [0.3, 0.4) is 0 Å². The number of piperidine rings is 1. The summed E-state index contributed by atoms with van der Waals surface area (Å²) in [6.45, 7) is 3.48. The van der Waals surface area contributed by atoms with Gasteiger partial charge >= 0.3 is 6.18 Å². The number of nitrogens with one attached hydrogen (secondary N) is 1. The van der Waals surface area contributed by atoms with Crippen LogP contribution >= 0.6 is 24.2 Å². The maximum Gasteiger partial charge on any atom is 0.451 e. The third-order valence-electron chi connectivity index (χ3n) is 4.22. The van der Waals surface area contributed by atoms with Gasteiger partial charge in [-0.25, -0.2) is 9.97 Å². The number of alkyl halides is 3. The summed E-state index contributed by atoms with van der Waals surface area (Å²) in [5.41, 5.74) is 0.982. The third kappa shape index (κ3) is 4.66. The Morgan fingerprint density at radius 2 is 2.12 bits per heavy atom. The highest BCUT2D eigenvalue weighted by molar-refractivity contribution is 7.98. The van der Waals surface area contributed by atoms with Crippen molar-refractivity contribution in [3.8, 4) is 0 Å². The molecule has 0 radical (unpaired) electrons. The molecule has 1 N–H and O–H groups in total. The first-order chi connectivity index (χ1) is 11.9. The number of hydrogen-bond acceptors (Lipinski definition) is 6. The van der Waals surface area contributed by atoms with E-state index in [9.17, 15) is 13.2 Å². The van der Waals surface area contributed by atoms with Crippen LogP contribution in [0.25, 0.3) is 0 Å². The first kappa shape index (κ1) is 20.9. The van der Waals surface area contributed by atoms with Crippen LogP contribution in [0.1, 0.15) is 41.7 Å². The van der Waals surface area contributed by atoms with E-state index in [0.29, 0.717) is 22.9 Å². The first-order valence-corrected chi connectivity index (χ1v) is 8.97. The van der Waals surface area contributed by atoms with Gasteiger partial charge in [0, 0.05) is 42.7 Å². The van der Waals surface area contributed by atoms with Crippen molar-refractivity contribution in [3.05, 3.63) is 29.1 Å². The molecule has 1 saturated heterocycles. The van der Waals surface area contributed by atoms with E-state index in [4.69, 9.17) is 0 Å². The van der Waals surface area contributed by atoms with E-state index in [2.05, 4.69) is 25.5 Å². The lowest BCUT2D eigenvalue weighted by molar-refractivity contribution is -0.145. The molecule has 0 aliphatic carbocycles. The largest absolute Gasteiger partial charge is 0.451 e. The van der Waals surface area contributed by atoms with Gasteiger partial charge in [0.15, 0.2) is 5.16 Å². The zero-order chi connectivity index (χ0) is 18.0. The third-order valence-corrected chi connectivity index (χ3v) is 5.29. The van der Waals surface area contributed by atoms with Gasteiger partial charge in [0.25, 0.3) is 0 Å². The summed E-state index contributed by atoms with van der Waals surface area (Å²) in [7, 11) is 1.92. The number of thioether (sulfide) groups is 1. The molecule has 0 bridgehead atoms. The van der Waals surface area contributed by atoms with E-state index < -0.39 is 12.0 Å². The number of hydrogen-bond donors (Lipinski definition) is 1. The highest BCUT2D eigenvalue weighted by atomic mass is 35.5. The Labute approximate surface area is 159 Å². The van der Waals surface area contributed by atoms with Gasteiger partial charge in [-0.3, -0.25) is 0 Å². The van der Waals surface area contributed by atoms with Gasteiger partial charge < -0.3 is 9.88 Å². The second-order valence-electron chi connectivity index (χ2n) is 6.03. The van der Waals surface area contributed by atoms with Crippen LogP contribution < -0.4 is 5.32 Å². The normalized spacial score (nSPS) is 17.8. The molecule has 1 fully saturated rings. The fourth-order valence-corrected chi connectivity index (χ4v) is 3.75. The topological polar surface area (TPSA) is 68.5 Å². The van der Waals surface area contributed by atoms with Crippen LogP contribution in [0, 0.1) is 6.92 Å². The lowest BCUT2D eigenvalue weighted by atomic mass is 9.99. The fraction of sp³-hybridized carbons (Fsp3) is 0.600. The summed E-state index contributed by atoms with van der Waals surface area (Å²) in [6.07, 6.45) is -1.10. The van der Waals surface area contributed by atoms with Crippen LogP contribution in [0.15, 0.2) is 11.4 Å². The van der Waals surface area contributed by atoms with Crippen molar-refractivity contribution in [2.75, 3.05) is 13.1 Å². The minimum Gasteiger partial charge on any atom is -0.316 e. The average molecular weight is 409 g/mol. The summed E-state index contributed by atoms with van der Waals surface area (Å²) in [6, 6.07) is 0. The van der Waals surface area contributed by atoms with Crippen LogP contribution in [-0.4, -0.2) is 37.8 Å². The molecule has 0 amide bonds. The van der Waals surface area contributed by atoms with Crippen molar-refractivity contribution in [2.24, 2.45) is 7.05 Å². The predicted molar refractivity (Wildman–Crippen MR) is 94.4 cm³/mol. The van der Waals surface area contributed by atoms with Gasteiger partial charge in [-0.05, 0) is 26.3 Å². The Hall–Kier alpha value is -1.39. The molecule has 144 valence electrons. The molecule has 0 aromatic carbocycles. The molecule has 3 rings (SSSR count). The van der Waals surface area contributed by atoms with Crippen LogP contribution in [0.2, 0.25) is 0 Å². The molecule has 1 unspecified atom stereocenters. The van der Waals surface area contributed by atoms with Gasteiger partial charge in [-0.2, -0.15) is 13.2 Å². The molecule has 1 aliphatic rings. The molecule has 2 aromatic rings. The minimum absolute atomic E-state index is 0. The molecule has 0 saturated carbocycles. The molecule has 1 atom stereocenters. The molecule has 1 aliphatic heterocycles. The molecule has 26 heavy (non-hydrogen) atoms. The molecule has 2 aromatic heterocycles. The Balaban J connectivity index is 0.00000243. The van der Waals surface area contributed by atoms with Gasteiger partial charge in [0.2, 0.25) is 5.82 Å². The number of aromatic nitrogens is 5. The van der Waals surface area contributed by atoms with Gasteiger partial charge in [0.1, 0.15) is 5.82 Å². The van der Waals surface area contributed by atoms with E-state index in [-0.39, 0.29) is 12.4 Å². The molecule has 0 spiro atoms. The molecule has 3 heterocycles. The van der Waals surface area contributed by atoms with Crippen LogP contribution in [0.5, 0.6) is 0 Å². The minimum atomic E-state index is -4.52. The summed E-state index contributed by atoms with van der Waals surface area (Å²) < 4.78 is 39.8. The van der Waals surface area contributed by atoms with Crippen LogP contribution in [-0.2, 0) is 19.0 Å². The van der Waals surface area contributed by atoms with Crippen molar-refractivity contribution in [1.82, 2.24) is 30.0 Å². The quantitative estimate of drug-likeness (QED) is 0.784. The van der Waals surface area contributed by atoms with Crippen molar-refractivity contribution in [2.45, 2.75) is 42.8 Å². The van der Waals surface area contributed by atoms with E-state index in [1.807, 2.05) is 11.6 Å². The number of nitrogens with zero attached hydrogens (tertiary/aromatic N) is 5. The summed E-state index contributed by atoms with van der Waals surface area (Å²) in [5, 5.41) is 12.6. The monoisotopic (exact) mass is 408 g/mol. The van der Waals surface area contributed by atoms with Crippen molar-refractivity contribution in [3.63, 3.8) is 0 Å². The Kier molecular flexibility index (Phi) is 6.86. The Bertz CT molecular complexity index is 745. The van der Waals surface area contributed by atoms with Gasteiger partial charge in [-0.15, -0.1) is 22.6 Å². The maximum absolute atomic E-state index is 12.6. The summed E-state index contributed by atoms with van der Waals surface area (Å²) >= 11 is 1.42. The summed E-state index contributed by atoms with van der Waals surface area (Å²) in [5.74, 6) is 0.620. The lowest BCUT2D eigenvalue weighted by Crippen LogP contribution is -2.29. The second-order valence-corrected chi connectivity index (χ2v) is 6.98. The maximum atomic E-state index is 12.6. The highest BCUT2D eigenvalue weighted by Crippen LogP contribution is 2.29. The van der Waals surface area contributed by atoms with Crippen molar-refractivity contribution < 1.29 is 13.2 Å². The predicted octanol–water partition coefficient (Wildman–Crippen LogP) is 3.11. The Morgan fingerprint density at radius 3 is 2.73 bits per heavy atom. The zero-order valence-corrected chi connectivity index (χ0v) is 16.0. The molecular formula is C15H20ClF3N6S. The van der Waals surface area contributed by atoms with Crippen LogP contribution in [0.4, 0.5) is 13.2 Å². The number of rotatable bonds is 4. The smallest absolute Gasteiger partial charge is 0.316 e. The van der Waals surface area contributed by atoms with Gasteiger partial charge in [-0.1, -0.05) is 11.8 Å². The first-order valence-electron chi connectivity index (χ1n) is 7.98. The van der Waals surface area contributed by atoms with E-state index in [1.54, 1.807) is 6.92 Å². The SMILES string of the molecule is Cc1nc(C(F)(F)F)ncc1CSc1nnc(C2CCCNC2)n1C.Cl. The zero-order valence-electron chi connectivity index (χ0n) is 14.4. The number of aryl methyl sites for hydroxylation is 1. The van der Waals surface area contributed by atoms with E-state index in [1.165, 1.54) is 18.0 Å². The highest BCUT2D eigenvalue weighted by Gasteiger charge is 2.34. The average Bonchev–Trinajstić information content (AvgIpc) is 2.94. The Morgan fingerprint density at radius 1 is 1.35 bits per heavy atom. The van der Waals surface area contributed by atoms with Crippen molar-refractivity contribution >= 4 is 24.2 Å². The second kappa shape index (κ2) is 8.53. The van der Waals surface area contributed by atoms with Crippen molar-refractivity contribution in [1.29, 1.82) is 0 Å². The number of halogens is 4. The fourth-order valence-electron chi connectivity index (χ4n) is 2.79. The van der Waals surface area contributed by atoms with E-state index >= 15 is 0 Å².